The number of likely N-dealkylation sites (tertiary alicyclic amines) is 1. The fourth-order valence-electron chi connectivity index (χ4n) is 2.83. The highest BCUT2D eigenvalue weighted by Gasteiger charge is 2.22. The minimum absolute atomic E-state index is 0.527. The summed E-state index contributed by atoms with van der Waals surface area (Å²) in [5, 5.41) is 3.06. The molecule has 1 fully saturated rings. The predicted octanol–water partition coefficient (Wildman–Crippen LogP) is 2.29. The zero-order chi connectivity index (χ0) is 14.5. The van der Waals surface area contributed by atoms with E-state index in [0.29, 0.717) is 5.92 Å². The van der Waals surface area contributed by atoms with E-state index in [1.807, 2.05) is 25.6 Å². The van der Waals surface area contributed by atoms with Crippen molar-refractivity contribution >= 4 is 5.82 Å². The first-order chi connectivity index (χ1) is 10.3. The van der Waals surface area contributed by atoms with Crippen molar-refractivity contribution in [3.8, 4) is 0 Å². The molecule has 0 radical (unpaired) electrons. The van der Waals surface area contributed by atoms with Gasteiger partial charge in [0.05, 0.1) is 11.9 Å². The molecule has 21 heavy (non-hydrogen) atoms. The second-order valence-electron chi connectivity index (χ2n) is 5.49. The van der Waals surface area contributed by atoms with Crippen molar-refractivity contribution in [1.82, 2.24) is 19.9 Å². The van der Waals surface area contributed by atoms with E-state index in [-0.39, 0.29) is 0 Å². The van der Waals surface area contributed by atoms with Gasteiger partial charge in [0.15, 0.2) is 0 Å². The third-order valence-corrected chi connectivity index (χ3v) is 4.07. The number of hydrogen-bond acceptors (Lipinski definition) is 5. The maximum Gasteiger partial charge on any atom is 0.144 e. The van der Waals surface area contributed by atoms with Gasteiger partial charge in [0.25, 0.3) is 0 Å². The lowest BCUT2D eigenvalue weighted by Crippen LogP contribution is -2.32. The predicted molar refractivity (Wildman–Crippen MR) is 83.1 cm³/mol. The fraction of sp³-hybridized carbons (Fsp3) is 0.438. The Labute approximate surface area is 125 Å². The summed E-state index contributed by atoms with van der Waals surface area (Å²) in [5.41, 5.74) is 2.45. The van der Waals surface area contributed by atoms with E-state index in [1.165, 1.54) is 5.56 Å². The molecule has 3 heterocycles. The van der Waals surface area contributed by atoms with Gasteiger partial charge in [-0.2, -0.15) is 0 Å². The second-order valence-corrected chi connectivity index (χ2v) is 5.49. The van der Waals surface area contributed by atoms with Gasteiger partial charge < -0.3 is 5.32 Å². The molecule has 0 aromatic carbocycles. The third kappa shape index (κ3) is 3.55. The fourth-order valence-corrected chi connectivity index (χ4v) is 2.83. The van der Waals surface area contributed by atoms with Crippen molar-refractivity contribution in [3.63, 3.8) is 0 Å². The van der Waals surface area contributed by atoms with Crippen LogP contribution in [0.15, 0.2) is 36.9 Å². The van der Waals surface area contributed by atoms with Crippen LogP contribution in [0.25, 0.3) is 0 Å². The zero-order valence-corrected chi connectivity index (χ0v) is 12.4. The highest BCUT2D eigenvalue weighted by molar-refractivity contribution is 5.31. The largest absolute Gasteiger partial charge is 0.372 e. The van der Waals surface area contributed by atoms with Crippen molar-refractivity contribution in [1.29, 1.82) is 0 Å². The summed E-state index contributed by atoms with van der Waals surface area (Å²) in [7, 11) is 1.88. The van der Waals surface area contributed by atoms with E-state index in [2.05, 4.69) is 37.3 Å². The van der Waals surface area contributed by atoms with E-state index in [1.54, 1.807) is 6.20 Å². The lowest BCUT2D eigenvalue weighted by molar-refractivity contribution is 0.203. The molecule has 1 aliphatic rings. The van der Waals surface area contributed by atoms with Crippen molar-refractivity contribution < 1.29 is 0 Å². The third-order valence-electron chi connectivity index (χ3n) is 4.07. The van der Waals surface area contributed by atoms with Crippen LogP contribution in [-0.2, 0) is 6.54 Å². The van der Waals surface area contributed by atoms with Crippen LogP contribution in [0.4, 0.5) is 5.82 Å². The Morgan fingerprint density at radius 1 is 1.14 bits per heavy atom. The monoisotopic (exact) mass is 283 g/mol. The highest BCUT2D eigenvalue weighted by Crippen LogP contribution is 2.27. The molecule has 2 aromatic rings. The Hall–Kier alpha value is -2.01. The zero-order valence-electron chi connectivity index (χ0n) is 12.4. The van der Waals surface area contributed by atoms with Crippen LogP contribution in [0, 0.1) is 0 Å². The number of pyridine rings is 1. The van der Waals surface area contributed by atoms with Crippen LogP contribution in [0.3, 0.4) is 0 Å². The Bertz CT molecular complexity index is 564. The Morgan fingerprint density at radius 2 is 1.90 bits per heavy atom. The van der Waals surface area contributed by atoms with E-state index < -0.39 is 0 Å². The van der Waals surface area contributed by atoms with Crippen LogP contribution >= 0.6 is 0 Å². The lowest BCUT2D eigenvalue weighted by atomic mass is 9.93. The summed E-state index contributed by atoms with van der Waals surface area (Å²) in [6, 6.07) is 4.18. The molecule has 110 valence electrons. The molecule has 0 unspecified atom stereocenters. The van der Waals surface area contributed by atoms with Crippen LogP contribution in [-0.4, -0.2) is 40.0 Å². The Balaban J connectivity index is 1.57. The number of aromatic nitrogens is 3. The van der Waals surface area contributed by atoms with Crippen molar-refractivity contribution in [2.45, 2.75) is 25.3 Å². The van der Waals surface area contributed by atoms with Gasteiger partial charge in [-0.1, -0.05) is 0 Å². The standard InChI is InChI=1S/C16H21N5/c1-17-16-11-19-10-15(20-16)14-4-8-21(9-5-14)12-13-2-6-18-7-3-13/h2-3,6-7,10-11,14H,4-5,8-9,12H2,1H3,(H,17,20). The Morgan fingerprint density at radius 3 is 2.62 bits per heavy atom. The molecule has 2 aromatic heterocycles. The number of rotatable bonds is 4. The van der Waals surface area contributed by atoms with Gasteiger partial charge in [-0.15, -0.1) is 0 Å². The summed E-state index contributed by atoms with van der Waals surface area (Å²) in [6.07, 6.45) is 9.69. The molecule has 1 N–H and O–H groups in total. The van der Waals surface area contributed by atoms with Gasteiger partial charge in [-0.05, 0) is 43.6 Å². The van der Waals surface area contributed by atoms with Gasteiger partial charge in [0, 0.05) is 38.1 Å². The first kappa shape index (κ1) is 13.9. The normalized spacial score (nSPS) is 16.8. The van der Waals surface area contributed by atoms with Gasteiger partial charge in [0.2, 0.25) is 0 Å². The smallest absolute Gasteiger partial charge is 0.144 e. The lowest BCUT2D eigenvalue weighted by Gasteiger charge is -2.31. The summed E-state index contributed by atoms with van der Waals surface area (Å²) in [5.74, 6) is 1.38. The Kier molecular flexibility index (Phi) is 4.40. The summed E-state index contributed by atoms with van der Waals surface area (Å²) in [4.78, 5) is 15.5. The molecule has 0 amide bonds. The molecule has 0 bridgehead atoms. The first-order valence-corrected chi connectivity index (χ1v) is 7.46. The van der Waals surface area contributed by atoms with Crippen LogP contribution in [0.5, 0.6) is 0 Å². The number of nitrogens with one attached hydrogen (secondary N) is 1. The molecule has 0 saturated carbocycles. The molecule has 0 aliphatic carbocycles. The SMILES string of the molecule is CNc1cncc(C2CCN(Cc3ccncc3)CC2)n1. The molecule has 0 spiro atoms. The van der Waals surface area contributed by atoms with Crippen LogP contribution in [0.1, 0.15) is 30.0 Å². The van der Waals surface area contributed by atoms with Crippen LogP contribution in [0.2, 0.25) is 0 Å². The maximum atomic E-state index is 4.62. The van der Waals surface area contributed by atoms with Crippen LogP contribution < -0.4 is 5.32 Å². The number of anilines is 1. The number of nitrogens with zero attached hydrogens (tertiary/aromatic N) is 4. The molecule has 0 atom stereocenters. The van der Waals surface area contributed by atoms with E-state index >= 15 is 0 Å². The minimum Gasteiger partial charge on any atom is -0.372 e. The number of hydrogen-bond donors (Lipinski definition) is 1. The van der Waals surface area contributed by atoms with Gasteiger partial charge >= 0.3 is 0 Å². The molecular formula is C16H21N5. The topological polar surface area (TPSA) is 53.9 Å². The summed E-state index contributed by atoms with van der Waals surface area (Å²) in [6.45, 7) is 3.23. The highest BCUT2D eigenvalue weighted by atomic mass is 15.1. The quantitative estimate of drug-likeness (QED) is 0.933. The van der Waals surface area contributed by atoms with Crippen molar-refractivity contribution in [3.05, 3.63) is 48.2 Å². The molecule has 3 rings (SSSR count). The van der Waals surface area contributed by atoms with Crippen molar-refractivity contribution in [2.24, 2.45) is 0 Å². The van der Waals surface area contributed by atoms with E-state index in [0.717, 1.165) is 44.0 Å². The van der Waals surface area contributed by atoms with E-state index in [9.17, 15) is 0 Å². The molecule has 5 nitrogen and oxygen atoms in total. The minimum atomic E-state index is 0.527. The van der Waals surface area contributed by atoms with E-state index in [4.69, 9.17) is 0 Å². The average molecular weight is 283 g/mol. The summed E-state index contributed by atoms with van der Waals surface area (Å²) < 4.78 is 0. The summed E-state index contributed by atoms with van der Waals surface area (Å²) >= 11 is 0. The first-order valence-electron chi connectivity index (χ1n) is 7.46. The van der Waals surface area contributed by atoms with Gasteiger partial charge in [-0.25, -0.2) is 4.98 Å². The molecule has 1 saturated heterocycles. The van der Waals surface area contributed by atoms with Crippen molar-refractivity contribution in [2.75, 3.05) is 25.5 Å². The maximum absolute atomic E-state index is 4.62. The van der Waals surface area contributed by atoms with Gasteiger partial charge in [0.1, 0.15) is 5.82 Å². The molecule has 1 aliphatic heterocycles. The second kappa shape index (κ2) is 6.63. The molecular weight excluding hydrogens is 262 g/mol. The molecule has 5 heteroatoms. The number of piperidine rings is 1. The average Bonchev–Trinajstić information content (AvgIpc) is 2.56. The van der Waals surface area contributed by atoms with Gasteiger partial charge in [-0.3, -0.25) is 14.9 Å².